The maximum absolute atomic E-state index is 11.3. The number of imidazole rings is 1. The summed E-state index contributed by atoms with van der Waals surface area (Å²) in [5.41, 5.74) is 1.85. The van der Waals surface area contributed by atoms with Gasteiger partial charge in [0.1, 0.15) is 5.82 Å². The number of hydrogen-bond donors (Lipinski definition) is 2. The number of carboxylic acids is 1. The minimum atomic E-state index is -0.964. The molecule has 19 heavy (non-hydrogen) atoms. The average molecular weight is 259 g/mol. The molecule has 1 saturated heterocycles. The Hall–Kier alpha value is -1.88. The van der Waals surface area contributed by atoms with E-state index < -0.39 is 5.97 Å². The zero-order valence-corrected chi connectivity index (χ0v) is 10.9. The van der Waals surface area contributed by atoms with Crippen molar-refractivity contribution >= 4 is 11.5 Å². The summed E-state index contributed by atoms with van der Waals surface area (Å²) >= 11 is 0. The van der Waals surface area contributed by atoms with Crippen molar-refractivity contribution in [3.8, 4) is 0 Å². The van der Waals surface area contributed by atoms with Crippen molar-refractivity contribution in [3.63, 3.8) is 0 Å². The van der Waals surface area contributed by atoms with Gasteiger partial charge in [-0.1, -0.05) is 6.07 Å². The van der Waals surface area contributed by atoms with Crippen molar-refractivity contribution in [1.29, 1.82) is 0 Å². The van der Waals surface area contributed by atoms with Crippen molar-refractivity contribution in [2.45, 2.75) is 32.2 Å². The molecule has 0 bridgehead atoms. The summed E-state index contributed by atoms with van der Waals surface area (Å²) in [5, 5.41) is 12.7. The number of carboxylic acid groups (broad SMARTS) is 1. The third-order valence-electron chi connectivity index (χ3n) is 3.72. The van der Waals surface area contributed by atoms with Crippen LogP contribution in [-0.2, 0) is 6.42 Å². The molecule has 1 aliphatic heterocycles. The molecule has 1 fully saturated rings. The topological polar surface area (TPSA) is 66.6 Å². The molecule has 2 aromatic heterocycles. The predicted octanol–water partition coefficient (Wildman–Crippen LogP) is 1.64. The normalized spacial score (nSPS) is 19.1. The fourth-order valence-electron chi connectivity index (χ4n) is 2.83. The summed E-state index contributed by atoms with van der Waals surface area (Å²) in [4.78, 5) is 15.6. The van der Waals surface area contributed by atoms with E-state index in [9.17, 15) is 9.90 Å². The van der Waals surface area contributed by atoms with E-state index in [-0.39, 0.29) is 5.69 Å². The number of nitrogens with one attached hydrogen (secondary N) is 1. The monoisotopic (exact) mass is 259 g/mol. The first-order valence-corrected chi connectivity index (χ1v) is 6.60. The van der Waals surface area contributed by atoms with E-state index in [1.807, 2.05) is 29.5 Å². The Morgan fingerprint density at radius 1 is 1.58 bits per heavy atom. The molecule has 0 radical (unpaired) electrons. The maximum Gasteiger partial charge on any atom is 0.356 e. The third kappa shape index (κ3) is 2.10. The summed E-state index contributed by atoms with van der Waals surface area (Å²) in [5.74, 6) is -0.126. The van der Waals surface area contributed by atoms with Gasteiger partial charge < -0.3 is 14.8 Å². The first-order chi connectivity index (χ1) is 9.16. The fourth-order valence-corrected chi connectivity index (χ4v) is 2.83. The van der Waals surface area contributed by atoms with Crippen LogP contribution in [0, 0.1) is 6.92 Å². The van der Waals surface area contributed by atoms with Crippen LogP contribution in [0.25, 0.3) is 5.52 Å². The summed E-state index contributed by atoms with van der Waals surface area (Å²) < 4.78 is 1.96. The van der Waals surface area contributed by atoms with Crippen molar-refractivity contribution in [2.24, 2.45) is 0 Å². The van der Waals surface area contributed by atoms with Gasteiger partial charge in [-0.2, -0.15) is 0 Å². The molecule has 2 N–H and O–H groups in total. The number of nitrogens with zero attached hydrogens (tertiary/aromatic N) is 2. The van der Waals surface area contributed by atoms with E-state index in [0.29, 0.717) is 11.6 Å². The molecule has 5 heteroatoms. The van der Waals surface area contributed by atoms with E-state index in [2.05, 4.69) is 10.3 Å². The zero-order chi connectivity index (χ0) is 13.4. The van der Waals surface area contributed by atoms with E-state index in [1.54, 1.807) is 0 Å². The van der Waals surface area contributed by atoms with Gasteiger partial charge in [0.05, 0.1) is 5.52 Å². The Labute approximate surface area is 111 Å². The highest BCUT2D eigenvalue weighted by Gasteiger charge is 2.21. The van der Waals surface area contributed by atoms with Crippen LogP contribution >= 0.6 is 0 Å². The van der Waals surface area contributed by atoms with Gasteiger partial charge in [0, 0.05) is 18.2 Å². The van der Waals surface area contributed by atoms with Crippen LogP contribution in [0.15, 0.2) is 18.2 Å². The van der Waals surface area contributed by atoms with Gasteiger partial charge in [-0.25, -0.2) is 9.78 Å². The SMILES string of the molecule is Cc1cccc2c(C(=O)O)nc(CC3CCCN3)n12. The molecule has 0 amide bonds. The lowest BCUT2D eigenvalue weighted by atomic mass is 10.1. The number of fused-ring (bicyclic) bond motifs is 1. The van der Waals surface area contributed by atoms with Gasteiger partial charge in [0.15, 0.2) is 5.69 Å². The van der Waals surface area contributed by atoms with Crippen molar-refractivity contribution in [1.82, 2.24) is 14.7 Å². The standard InChI is InChI=1S/C14H17N3O2/c1-9-4-2-6-11-13(14(18)19)16-12(17(9)11)8-10-5-3-7-15-10/h2,4,6,10,15H,3,5,7-8H2,1H3,(H,18,19). The van der Waals surface area contributed by atoms with Crippen molar-refractivity contribution < 1.29 is 9.90 Å². The lowest BCUT2D eigenvalue weighted by Gasteiger charge is -2.10. The summed E-state index contributed by atoms with van der Waals surface area (Å²) in [6.07, 6.45) is 3.08. The zero-order valence-electron chi connectivity index (χ0n) is 10.9. The number of pyridine rings is 1. The fraction of sp³-hybridized carbons (Fsp3) is 0.429. The second kappa shape index (κ2) is 4.66. The average Bonchev–Trinajstić information content (AvgIpc) is 2.98. The quantitative estimate of drug-likeness (QED) is 0.879. The van der Waals surface area contributed by atoms with E-state index in [0.717, 1.165) is 30.9 Å². The first kappa shape index (κ1) is 12.2. The second-order valence-electron chi connectivity index (χ2n) is 5.07. The molecule has 0 saturated carbocycles. The molecule has 3 heterocycles. The van der Waals surface area contributed by atoms with Gasteiger partial charge in [-0.05, 0) is 38.4 Å². The van der Waals surface area contributed by atoms with Gasteiger partial charge in [-0.15, -0.1) is 0 Å². The van der Waals surface area contributed by atoms with Gasteiger partial charge in [0.2, 0.25) is 0 Å². The number of aromatic nitrogens is 2. The number of carbonyl (C=O) groups is 1. The Bertz CT molecular complexity index is 627. The number of aromatic carboxylic acids is 1. The van der Waals surface area contributed by atoms with Crippen molar-refractivity contribution in [2.75, 3.05) is 6.54 Å². The highest BCUT2D eigenvalue weighted by Crippen LogP contribution is 2.19. The Kier molecular flexibility index (Phi) is 2.98. The Morgan fingerprint density at radius 3 is 3.11 bits per heavy atom. The Morgan fingerprint density at radius 2 is 2.42 bits per heavy atom. The van der Waals surface area contributed by atoms with E-state index in [4.69, 9.17) is 0 Å². The number of aryl methyl sites for hydroxylation is 1. The minimum absolute atomic E-state index is 0.150. The molecule has 2 aromatic rings. The molecule has 100 valence electrons. The van der Waals surface area contributed by atoms with Crippen LogP contribution in [0.3, 0.4) is 0 Å². The van der Waals surface area contributed by atoms with E-state index >= 15 is 0 Å². The molecule has 0 spiro atoms. The van der Waals surface area contributed by atoms with Gasteiger partial charge >= 0.3 is 5.97 Å². The molecule has 0 aromatic carbocycles. The highest BCUT2D eigenvalue weighted by molar-refractivity contribution is 5.93. The molecule has 0 aliphatic carbocycles. The number of hydrogen-bond acceptors (Lipinski definition) is 3. The van der Waals surface area contributed by atoms with Crippen LogP contribution in [0.2, 0.25) is 0 Å². The Balaban J connectivity index is 2.09. The lowest BCUT2D eigenvalue weighted by Crippen LogP contribution is -2.24. The van der Waals surface area contributed by atoms with Gasteiger partial charge in [-0.3, -0.25) is 0 Å². The second-order valence-corrected chi connectivity index (χ2v) is 5.07. The van der Waals surface area contributed by atoms with Crippen LogP contribution < -0.4 is 5.32 Å². The van der Waals surface area contributed by atoms with Crippen LogP contribution in [0.4, 0.5) is 0 Å². The van der Waals surface area contributed by atoms with Crippen LogP contribution in [0.1, 0.15) is 34.8 Å². The molecular weight excluding hydrogens is 242 g/mol. The highest BCUT2D eigenvalue weighted by atomic mass is 16.4. The summed E-state index contributed by atoms with van der Waals surface area (Å²) in [6, 6.07) is 6.07. The third-order valence-corrected chi connectivity index (χ3v) is 3.72. The molecule has 5 nitrogen and oxygen atoms in total. The molecule has 1 atom stereocenters. The predicted molar refractivity (Wildman–Crippen MR) is 71.6 cm³/mol. The van der Waals surface area contributed by atoms with Crippen molar-refractivity contribution in [3.05, 3.63) is 35.4 Å². The van der Waals surface area contributed by atoms with Gasteiger partial charge in [0.25, 0.3) is 0 Å². The largest absolute Gasteiger partial charge is 0.476 e. The minimum Gasteiger partial charge on any atom is -0.476 e. The molecule has 3 rings (SSSR count). The first-order valence-electron chi connectivity index (χ1n) is 6.60. The maximum atomic E-state index is 11.3. The summed E-state index contributed by atoms with van der Waals surface area (Å²) in [6.45, 7) is 3.02. The lowest BCUT2D eigenvalue weighted by molar-refractivity contribution is 0.0693. The smallest absolute Gasteiger partial charge is 0.356 e. The summed E-state index contributed by atoms with van der Waals surface area (Å²) in [7, 11) is 0. The van der Waals surface area contributed by atoms with E-state index in [1.165, 1.54) is 6.42 Å². The molecule has 1 aliphatic rings. The van der Waals surface area contributed by atoms with Crippen LogP contribution in [-0.4, -0.2) is 33.0 Å². The molecular formula is C14H17N3O2. The van der Waals surface area contributed by atoms with Crippen LogP contribution in [0.5, 0.6) is 0 Å². The molecule has 1 unspecified atom stereocenters. The number of rotatable bonds is 3.